The molecule has 0 aliphatic carbocycles. The molecule has 1 unspecified atom stereocenters. The van der Waals surface area contributed by atoms with Crippen LogP contribution in [0.1, 0.15) is 34.5 Å². The summed E-state index contributed by atoms with van der Waals surface area (Å²) in [4.78, 5) is 19.2. The number of amides is 1. The van der Waals surface area contributed by atoms with Crippen molar-refractivity contribution in [3.05, 3.63) is 75.6 Å². The van der Waals surface area contributed by atoms with Gasteiger partial charge in [-0.25, -0.2) is 4.98 Å². The normalized spacial score (nSPS) is 21.3. The minimum atomic E-state index is -0.869. The maximum absolute atomic E-state index is 13.3. The molecule has 0 spiro atoms. The SMILES string of the molecule is Cc1nc(-c2ccc(C3C(=O)N(C)C(=N)N[C@]3(C)c3cccc(C#N)c3)cc2)cs1. The maximum Gasteiger partial charge on any atom is 0.239 e. The Balaban J connectivity index is 1.80. The van der Waals surface area contributed by atoms with E-state index in [4.69, 9.17) is 5.41 Å². The van der Waals surface area contributed by atoms with Gasteiger partial charge in [-0.15, -0.1) is 11.3 Å². The number of hydrogen-bond acceptors (Lipinski definition) is 5. The maximum atomic E-state index is 13.3. The van der Waals surface area contributed by atoms with Crippen molar-refractivity contribution < 1.29 is 4.79 Å². The van der Waals surface area contributed by atoms with E-state index < -0.39 is 11.5 Å². The number of aryl methyl sites for hydroxylation is 1. The molecule has 0 saturated carbocycles. The van der Waals surface area contributed by atoms with Crippen LogP contribution < -0.4 is 5.32 Å². The van der Waals surface area contributed by atoms with Crippen molar-refractivity contribution in [3.63, 3.8) is 0 Å². The lowest BCUT2D eigenvalue weighted by Gasteiger charge is -2.46. The molecule has 1 aliphatic heterocycles. The molecule has 1 fully saturated rings. The minimum Gasteiger partial charge on any atom is -0.346 e. The lowest BCUT2D eigenvalue weighted by molar-refractivity contribution is -0.131. The molecule has 6 nitrogen and oxygen atoms in total. The number of guanidine groups is 1. The summed E-state index contributed by atoms with van der Waals surface area (Å²) >= 11 is 1.60. The number of likely N-dealkylation sites (N-methyl/N-ethyl adjacent to an activating group) is 1. The molecule has 2 N–H and O–H groups in total. The summed E-state index contributed by atoms with van der Waals surface area (Å²) in [7, 11) is 1.60. The minimum absolute atomic E-state index is 0.0377. The first kappa shape index (κ1) is 19.8. The zero-order chi connectivity index (χ0) is 21.5. The zero-order valence-electron chi connectivity index (χ0n) is 16.9. The van der Waals surface area contributed by atoms with Crippen molar-refractivity contribution in [2.75, 3.05) is 7.05 Å². The predicted molar refractivity (Wildman–Crippen MR) is 117 cm³/mol. The van der Waals surface area contributed by atoms with E-state index in [1.165, 1.54) is 4.90 Å². The van der Waals surface area contributed by atoms with Gasteiger partial charge in [-0.3, -0.25) is 15.1 Å². The molecule has 1 amide bonds. The Morgan fingerprint density at radius 1 is 1.27 bits per heavy atom. The van der Waals surface area contributed by atoms with Gasteiger partial charge in [0.25, 0.3) is 0 Å². The lowest BCUT2D eigenvalue weighted by Crippen LogP contribution is -2.62. The van der Waals surface area contributed by atoms with Gasteiger partial charge in [-0.1, -0.05) is 36.4 Å². The molecule has 3 aromatic rings. The molecule has 2 atom stereocenters. The number of benzene rings is 2. The van der Waals surface area contributed by atoms with Crippen molar-refractivity contribution in [2.45, 2.75) is 25.3 Å². The Morgan fingerprint density at radius 2 is 2.00 bits per heavy atom. The van der Waals surface area contributed by atoms with Gasteiger partial charge in [0.05, 0.1) is 33.8 Å². The number of rotatable bonds is 3. The second-order valence-electron chi connectivity index (χ2n) is 7.57. The van der Waals surface area contributed by atoms with E-state index >= 15 is 0 Å². The van der Waals surface area contributed by atoms with Crippen molar-refractivity contribution >= 4 is 23.2 Å². The monoisotopic (exact) mass is 415 g/mol. The number of nitrogens with zero attached hydrogens (tertiary/aromatic N) is 3. The third-order valence-electron chi connectivity index (χ3n) is 5.62. The van der Waals surface area contributed by atoms with E-state index in [2.05, 4.69) is 16.4 Å². The number of hydrogen-bond donors (Lipinski definition) is 2. The summed E-state index contributed by atoms with van der Waals surface area (Å²) in [6.07, 6.45) is 0. The van der Waals surface area contributed by atoms with Crippen LogP contribution >= 0.6 is 11.3 Å². The standard InChI is InChI=1S/C23H21N5OS/c1-14-26-19(13-30-14)16-7-9-17(10-8-16)20-21(29)28(3)22(25)27-23(20,2)18-6-4-5-15(11-18)12-24/h4-11,13,20H,1-3H3,(H2,25,27)/t20?,23-/m1/s1. The number of thiazole rings is 1. The van der Waals surface area contributed by atoms with E-state index in [-0.39, 0.29) is 11.9 Å². The Morgan fingerprint density at radius 3 is 2.63 bits per heavy atom. The molecule has 150 valence electrons. The molecule has 1 saturated heterocycles. The summed E-state index contributed by atoms with van der Waals surface area (Å²) in [6.45, 7) is 3.88. The van der Waals surface area contributed by atoms with Gasteiger partial charge in [0.15, 0.2) is 5.96 Å². The molecule has 1 aromatic heterocycles. The molecule has 7 heteroatoms. The van der Waals surface area contributed by atoms with E-state index in [0.717, 1.165) is 27.4 Å². The van der Waals surface area contributed by atoms with E-state index in [1.807, 2.05) is 49.6 Å². The molecule has 2 heterocycles. The third kappa shape index (κ3) is 3.25. The highest BCUT2D eigenvalue weighted by Crippen LogP contribution is 2.41. The van der Waals surface area contributed by atoms with Crippen LogP contribution in [0, 0.1) is 23.7 Å². The highest BCUT2D eigenvalue weighted by atomic mass is 32.1. The number of aromatic nitrogens is 1. The second kappa shape index (κ2) is 7.39. The van der Waals surface area contributed by atoms with Crippen molar-refractivity contribution in [1.29, 1.82) is 10.7 Å². The molecule has 1 aliphatic rings. The Hall–Kier alpha value is -3.50. The van der Waals surface area contributed by atoms with Crippen LogP contribution in [-0.2, 0) is 10.3 Å². The Kier molecular flexibility index (Phi) is 4.88. The first-order valence-corrected chi connectivity index (χ1v) is 10.4. The number of nitriles is 1. The van der Waals surface area contributed by atoms with Crippen molar-refractivity contribution in [2.24, 2.45) is 0 Å². The van der Waals surface area contributed by atoms with Crippen LogP contribution in [0.2, 0.25) is 0 Å². The van der Waals surface area contributed by atoms with Crippen LogP contribution in [0.4, 0.5) is 0 Å². The molecular weight excluding hydrogens is 394 g/mol. The molecule has 4 rings (SSSR count). The molecule has 0 bridgehead atoms. The van der Waals surface area contributed by atoms with E-state index in [9.17, 15) is 10.1 Å². The average Bonchev–Trinajstić information content (AvgIpc) is 3.19. The van der Waals surface area contributed by atoms with Gasteiger partial charge in [0.1, 0.15) is 0 Å². The second-order valence-corrected chi connectivity index (χ2v) is 8.63. The van der Waals surface area contributed by atoms with Crippen LogP contribution in [-0.4, -0.2) is 28.8 Å². The van der Waals surface area contributed by atoms with Crippen LogP contribution in [0.3, 0.4) is 0 Å². The summed E-state index contributed by atoms with van der Waals surface area (Å²) < 4.78 is 0. The van der Waals surface area contributed by atoms with Gasteiger partial charge in [0, 0.05) is 18.0 Å². The number of nitrogens with one attached hydrogen (secondary N) is 2. The summed E-state index contributed by atoms with van der Waals surface area (Å²) in [5.74, 6) is -0.687. The molecule has 0 radical (unpaired) electrons. The quantitative estimate of drug-likeness (QED) is 0.677. The fraction of sp³-hybridized carbons (Fsp3) is 0.217. The fourth-order valence-electron chi connectivity index (χ4n) is 3.92. The highest BCUT2D eigenvalue weighted by Gasteiger charge is 2.48. The predicted octanol–water partition coefficient (Wildman–Crippen LogP) is 3.99. The highest BCUT2D eigenvalue weighted by molar-refractivity contribution is 7.09. The number of carbonyl (C=O) groups is 1. The zero-order valence-corrected chi connectivity index (χ0v) is 17.7. The van der Waals surface area contributed by atoms with Crippen LogP contribution in [0.15, 0.2) is 53.9 Å². The van der Waals surface area contributed by atoms with Crippen molar-refractivity contribution in [1.82, 2.24) is 15.2 Å². The fourth-order valence-corrected chi connectivity index (χ4v) is 4.54. The summed E-state index contributed by atoms with van der Waals surface area (Å²) in [5.41, 5.74) is 3.19. The first-order chi connectivity index (χ1) is 14.3. The van der Waals surface area contributed by atoms with Gasteiger partial charge in [-0.05, 0) is 37.1 Å². The van der Waals surface area contributed by atoms with E-state index in [0.29, 0.717) is 5.56 Å². The lowest BCUT2D eigenvalue weighted by atomic mass is 9.73. The van der Waals surface area contributed by atoms with Gasteiger partial charge in [-0.2, -0.15) is 5.26 Å². The molecular formula is C23H21N5OS. The van der Waals surface area contributed by atoms with E-state index in [1.54, 1.807) is 36.6 Å². The first-order valence-electron chi connectivity index (χ1n) is 9.51. The Bertz CT molecular complexity index is 1180. The Labute approximate surface area is 179 Å². The average molecular weight is 416 g/mol. The smallest absolute Gasteiger partial charge is 0.239 e. The summed E-state index contributed by atoms with van der Waals surface area (Å²) in [5, 5.41) is 23.8. The largest absolute Gasteiger partial charge is 0.346 e. The summed E-state index contributed by atoms with van der Waals surface area (Å²) in [6, 6.07) is 17.2. The van der Waals surface area contributed by atoms with Crippen LogP contribution in [0.25, 0.3) is 11.3 Å². The van der Waals surface area contributed by atoms with Crippen LogP contribution in [0.5, 0.6) is 0 Å². The molecule has 30 heavy (non-hydrogen) atoms. The third-order valence-corrected chi connectivity index (χ3v) is 6.39. The molecule has 2 aromatic carbocycles. The van der Waals surface area contributed by atoms with Gasteiger partial charge >= 0.3 is 0 Å². The van der Waals surface area contributed by atoms with Gasteiger partial charge < -0.3 is 5.32 Å². The van der Waals surface area contributed by atoms with Gasteiger partial charge in [0.2, 0.25) is 5.91 Å². The number of carbonyl (C=O) groups excluding carboxylic acids is 1. The topological polar surface area (TPSA) is 92.9 Å². The van der Waals surface area contributed by atoms with Crippen molar-refractivity contribution in [3.8, 4) is 17.3 Å².